The number of benzene rings is 1. The molecule has 0 aliphatic carbocycles. The third-order valence-electron chi connectivity index (χ3n) is 3.21. The molecule has 0 N–H and O–H groups in total. The number of esters is 2. The van der Waals surface area contributed by atoms with Crippen LogP contribution in [0.4, 0.5) is 5.69 Å². The highest BCUT2D eigenvalue weighted by molar-refractivity contribution is 6.35. The van der Waals surface area contributed by atoms with E-state index < -0.39 is 17.2 Å². The van der Waals surface area contributed by atoms with Crippen LogP contribution in [-0.4, -0.2) is 45.0 Å². The van der Waals surface area contributed by atoms with Crippen LogP contribution < -0.4 is 14.4 Å². The molecule has 1 aliphatic heterocycles. The Hall–Kier alpha value is -2.15. The first-order chi connectivity index (χ1) is 10.4. The van der Waals surface area contributed by atoms with Crippen molar-refractivity contribution in [1.82, 2.24) is 0 Å². The Labute approximate surface area is 132 Å². The van der Waals surface area contributed by atoms with Crippen molar-refractivity contribution in [2.75, 3.05) is 32.7 Å². The number of ether oxygens (including phenoxy) is 4. The Bertz CT molecular complexity index is 575. The molecule has 2 rings (SSSR count). The van der Waals surface area contributed by atoms with E-state index >= 15 is 0 Å². The van der Waals surface area contributed by atoms with E-state index in [1.165, 1.54) is 0 Å². The minimum absolute atomic E-state index is 0.122. The van der Waals surface area contributed by atoms with Crippen molar-refractivity contribution in [2.24, 2.45) is 0 Å². The Balaban J connectivity index is 2.02. The summed E-state index contributed by atoms with van der Waals surface area (Å²) in [6, 6.07) is 5.41. The second-order valence-corrected chi connectivity index (χ2v) is 5.23. The molecule has 7 nitrogen and oxygen atoms in total. The smallest absolute Gasteiger partial charge is 0.421 e. The van der Waals surface area contributed by atoms with E-state index in [0.717, 1.165) is 5.69 Å². The maximum Gasteiger partial charge on any atom is 0.421 e. The number of halogens is 1. The quantitative estimate of drug-likeness (QED) is 0.445. The van der Waals surface area contributed by atoms with Gasteiger partial charge in [-0.3, -0.25) is 0 Å². The third kappa shape index (κ3) is 3.36. The molecular weight excluding hydrogens is 314 g/mol. The number of hydrogen-bond acceptors (Lipinski definition) is 7. The number of cyclic esters (lactones) is 2. The molecule has 1 aliphatic rings. The number of rotatable bonds is 6. The SMILES string of the molecule is COc1ccc(N(C)CCC2(Cl)OC(=O)C(=O)O2)cc1OC. The summed E-state index contributed by atoms with van der Waals surface area (Å²) in [6.45, 7) is 0.388. The molecule has 1 saturated heterocycles. The van der Waals surface area contributed by atoms with Gasteiger partial charge in [-0.25, -0.2) is 9.59 Å². The number of nitrogens with zero attached hydrogens (tertiary/aromatic N) is 1. The summed E-state index contributed by atoms with van der Waals surface area (Å²) in [7, 11) is 4.92. The Morgan fingerprint density at radius 3 is 2.27 bits per heavy atom. The second-order valence-electron chi connectivity index (χ2n) is 4.65. The van der Waals surface area contributed by atoms with Crippen LogP contribution in [0.2, 0.25) is 0 Å². The van der Waals surface area contributed by atoms with E-state index in [4.69, 9.17) is 30.5 Å². The maximum atomic E-state index is 11.0. The molecular formula is C14H16ClNO6. The van der Waals surface area contributed by atoms with Crippen LogP contribution in [0.25, 0.3) is 0 Å². The van der Waals surface area contributed by atoms with Crippen molar-refractivity contribution < 1.29 is 28.5 Å². The first-order valence-corrected chi connectivity index (χ1v) is 6.85. The predicted octanol–water partition coefficient (Wildman–Crippen LogP) is 1.52. The number of alkyl halides is 1. The average molecular weight is 330 g/mol. The molecule has 0 radical (unpaired) electrons. The Kier molecular flexibility index (Phi) is 4.65. The zero-order valence-electron chi connectivity index (χ0n) is 12.4. The largest absolute Gasteiger partial charge is 0.493 e. The van der Waals surface area contributed by atoms with Gasteiger partial charge in [-0.1, -0.05) is 0 Å². The van der Waals surface area contributed by atoms with Crippen LogP contribution in [0.3, 0.4) is 0 Å². The zero-order chi connectivity index (χ0) is 16.3. The van der Waals surface area contributed by atoms with Gasteiger partial charge in [0.25, 0.3) is 0 Å². The van der Waals surface area contributed by atoms with Crippen LogP contribution in [-0.2, 0) is 19.1 Å². The van der Waals surface area contributed by atoms with Crippen LogP contribution >= 0.6 is 11.6 Å². The van der Waals surface area contributed by atoms with E-state index in [0.29, 0.717) is 18.0 Å². The number of carbonyl (C=O) groups excluding carboxylic acids is 2. The lowest BCUT2D eigenvalue weighted by Gasteiger charge is -2.24. The van der Waals surface area contributed by atoms with Crippen molar-refractivity contribution in [3.8, 4) is 11.5 Å². The number of anilines is 1. The minimum Gasteiger partial charge on any atom is -0.493 e. The van der Waals surface area contributed by atoms with Gasteiger partial charge < -0.3 is 23.8 Å². The molecule has 0 aromatic heterocycles. The summed E-state index contributed by atoms with van der Waals surface area (Å²) in [6.07, 6.45) is 0.122. The molecule has 1 heterocycles. The molecule has 0 bridgehead atoms. The fourth-order valence-corrected chi connectivity index (χ4v) is 2.20. The van der Waals surface area contributed by atoms with Gasteiger partial charge in [-0.2, -0.15) is 0 Å². The normalized spacial score (nSPS) is 16.0. The maximum absolute atomic E-state index is 11.0. The lowest BCUT2D eigenvalue weighted by atomic mass is 10.2. The fraction of sp³-hybridized carbons (Fsp3) is 0.429. The van der Waals surface area contributed by atoms with Gasteiger partial charge in [0.1, 0.15) is 0 Å². The summed E-state index contributed by atoms with van der Waals surface area (Å²) >= 11 is 5.94. The van der Waals surface area contributed by atoms with Crippen molar-refractivity contribution in [2.45, 2.75) is 11.7 Å². The van der Waals surface area contributed by atoms with Crippen LogP contribution in [0, 0.1) is 0 Å². The highest BCUT2D eigenvalue weighted by Crippen LogP contribution is 2.33. The molecule has 1 fully saturated rings. The first kappa shape index (κ1) is 16.2. The summed E-state index contributed by atoms with van der Waals surface area (Å²) < 4.78 is 19.8. The van der Waals surface area contributed by atoms with E-state index in [2.05, 4.69) is 0 Å². The van der Waals surface area contributed by atoms with Crippen molar-refractivity contribution in [3.63, 3.8) is 0 Å². The first-order valence-electron chi connectivity index (χ1n) is 6.47. The molecule has 8 heteroatoms. The van der Waals surface area contributed by atoms with E-state index in [9.17, 15) is 9.59 Å². The topological polar surface area (TPSA) is 74.3 Å². The predicted molar refractivity (Wildman–Crippen MR) is 78.2 cm³/mol. The summed E-state index contributed by atoms with van der Waals surface area (Å²) in [5.74, 6) is -0.953. The molecule has 1 aromatic rings. The van der Waals surface area contributed by atoms with E-state index in [-0.39, 0.29) is 6.42 Å². The van der Waals surface area contributed by atoms with Crippen LogP contribution in [0.15, 0.2) is 18.2 Å². The molecule has 120 valence electrons. The van der Waals surface area contributed by atoms with Gasteiger partial charge in [0.05, 0.1) is 20.6 Å². The number of hydrogen-bond donors (Lipinski definition) is 0. The van der Waals surface area contributed by atoms with Gasteiger partial charge in [0.15, 0.2) is 11.5 Å². The molecule has 0 unspecified atom stereocenters. The highest BCUT2D eigenvalue weighted by Gasteiger charge is 2.47. The van der Waals surface area contributed by atoms with Crippen LogP contribution in [0.1, 0.15) is 6.42 Å². The standard InChI is InChI=1S/C14H16ClNO6/c1-16(7-6-14(15)21-12(17)13(18)22-14)9-4-5-10(19-2)11(8-9)20-3/h4-5,8H,6-7H2,1-3H3. The Morgan fingerprint density at radius 1 is 1.14 bits per heavy atom. The molecule has 0 saturated carbocycles. The average Bonchev–Trinajstić information content (AvgIpc) is 2.77. The van der Waals surface area contributed by atoms with E-state index in [1.54, 1.807) is 26.4 Å². The highest BCUT2D eigenvalue weighted by atomic mass is 35.5. The van der Waals surface area contributed by atoms with Crippen molar-refractivity contribution in [1.29, 1.82) is 0 Å². The molecule has 22 heavy (non-hydrogen) atoms. The van der Waals surface area contributed by atoms with Gasteiger partial charge in [-0.15, -0.1) is 0 Å². The molecule has 0 spiro atoms. The monoisotopic (exact) mass is 329 g/mol. The Morgan fingerprint density at radius 2 is 1.73 bits per heavy atom. The lowest BCUT2D eigenvalue weighted by Crippen LogP contribution is -2.30. The van der Waals surface area contributed by atoms with Gasteiger partial charge in [0, 0.05) is 25.3 Å². The summed E-state index contributed by atoms with van der Waals surface area (Å²) in [4.78, 5) is 23.9. The van der Waals surface area contributed by atoms with Gasteiger partial charge in [-0.05, 0) is 23.7 Å². The molecule has 0 amide bonds. The second kappa shape index (κ2) is 6.31. The van der Waals surface area contributed by atoms with E-state index in [1.807, 2.05) is 18.0 Å². The fourth-order valence-electron chi connectivity index (χ4n) is 1.98. The summed E-state index contributed by atoms with van der Waals surface area (Å²) in [5, 5.41) is -1.74. The van der Waals surface area contributed by atoms with Gasteiger partial charge >= 0.3 is 17.2 Å². The van der Waals surface area contributed by atoms with Crippen LogP contribution in [0.5, 0.6) is 11.5 Å². The number of methoxy groups -OCH3 is 2. The lowest BCUT2D eigenvalue weighted by molar-refractivity contribution is -0.150. The van der Waals surface area contributed by atoms with Crippen molar-refractivity contribution >= 4 is 29.2 Å². The molecule has 1 aromatic carbocycles. The van der Waals surface area contributed by atoms with Crippen molar-refractivity contribution in [3.05, 3.63) is 18.2 Å². The third-order valence-corrected chi connectivity index (χ3v) is 3.55. The minimum atomic E-state index is -1.74. The molecule has 0 atom stereocenters. The summed E-state index contributed by atoms with van der Waals surface area (Å²) in [5.41, 5.74) is 0.841. The van der Waals surface area contributed by atoms with Gasteiger partial charge in [0.2, 0.25) is 0 Å². The zero-order valence-corrected chi connectivity index (χ0v) is 13.2. The number of carbonyl (C=O) groups is 2.